The number of ether oxygens (including phenoxy) is 2. The second-order valence-corrected chi connectivity index (χ2v) is 11.4. The minimum atomic E-state index is -0.721. The Morgan fingerprint density at radius 3 is 2.70 bits per heavy atom. The highest BCUT2D eigenvalue weighted by molar-refractivity contribution is 5.84. The molecule has 3 saturated carbocycles. The third-order valence-corrected chi connectivity index (χ3v) is 10.5. The van der Waals surface area contributed by atoms with Crippen LogP contribution in [-0.2, 0) is 19.1 Å². The molecule has 166 valence electrons. The van der Waals surface area contributed by atoms with Crippen LogP contribution in [0.2, 0.25) is 0 Å². The number of carbonyl (C=O) groups excluding carboxylic acids is 2. The molecule has 5 rings (SSSR count). The molecule has 1 spiro atoms. The van der Waals surface area contributed by atoms with Gasteiger partial charge in [0.1, 0.15) is 11.4 Å². The summed E-state index contributed by atoms with van der Waals surface area (Å²) in [5.74, 6) is -0.279. The van der Waals surface area contributed by atoms with Gasteiger partial charge in [-0.3, -0.25) is 9.59 Å². The summed E-state index contributed by atoms with van der Waals surface area (Å²) in [5.41, 5.74) is -1.10. The molecular formula is C25H36O5. The van der Waals surface area contributed by atoms with Gasteiger partial charge >= 0.3 is 5.97 Å². The summed E-state index contributed by atoms with van der Waals surface area (Å²) in [6, 6.07) is 0. The van der Waals surface area contributed by atoms with Crippen LogP contribution in [0.5, 0.6) is 0 Å². The highest BCUT2D eigenvalue weighted by Crippen LogP contribution is 2.81. The van der Waals surface area contributed by atoms with Gasteiger partial charge in [0.05, 0.1) is 24.7 Å². The van der Waals surface area contributed by atoms with E-state index in [9.17, 15) is 14.7 Å². The zero-order chi connectivity index (χ0) is 21.7. The third kappa shape index (κ3) is 2.03. The van der Waals surface area contributed by atoms with Crippen molar-refractivity contribution in [1.82, 2.24) is 0 Å². The topological polar surface area (TPSA) is 76.1 Å². The van der Waals surface area contributed by atoms with E-state index in [4.69, 9.17) is 9.47 Å². The van der Waals surface area contributed by atoms with Crippen LogP contribution in [0, 0.1) is 28.1 Å². The summed E-state index contributed by atoms with van der Waals surface area (Å²) in [7, 11) is 1.45. The van der Waals surface area contributed by atoms with Gasteiger partial charge in [0.2, 0.25) is 0 Å². The summed E-state index contributed by atoms with van der Waals surface area (Å²) in [6.07, 6.45) is 8.07. The first-order chi connectivity index (χ1) is 14.0. The number of hydrogen-bond acceptors (Lipinski definition) is 5. The number of methoxy groups -OCH3 is 1. The minimum absolute atomic E-state index is 0.0132. The van der Waals surface area contributed by atoms with Gasteiger partial charge < -0.3 is 14.6 Å². The largest absolute Gasteiger partial charge is 0.469 e. The number of rotatable bonds is 3. The van der Waals surface area contributed by atoms with Gasteiger partial charge in [0.15, 0.2) is 0 Å². The highest BCUT2D eigenvalue weighted by Gasteiger charge is 2.86. The summed E-state index contributed by atoms with van der Waals surface area (Å²) >= 11 is 0. The van der Waals surface area contributed by atoms with Gasteiger partial charge in [0.25, 0.3) is 0 Å². The lowest BCUT2D eigenvalue weighted by atomic mass is 9.38. The van der Waals surface area contributed by atoms with E-state index >= 15 is 0 Å². The second kappa shape index (κ2) is 5.98. The first-order valence-electron chi connectivity index (χ1n) is 11.7. The lowest BCUT2D eigenvalue weighted by Crippen LogP contribution is -2.68. The molecule has 0 aromatic heterocycles. The van der Waals surface area contributed by atoms with E-state index < -0.39 is 22.5 Å². The van der Waals surface area contributed by atoms with Gasteiger partial charge in [-0.1, -0.05) is 45.8 Å². The fourth-order valence-electron chi connectivity index (χ4n) is 8.98. The van der Waals surface area contributed by atoms with E-state index in [1.807, 2.05) is 0 Å². The Balaban J connectivity index is 1.71. The summed E-state index contributed by atoms with van der Waals surface area (Å²) < 4.78 is 12.0. The minimum Gasteiger partial charge on any atom is -0.469 e. The molecule has 1 N–H and O–H groups in total. The van der Waals surface area contributed by atoms with Gasteiger partial charge in [-0.15, -0.1) is 0 Å². The smallest absolute Gasteiger partial charge is 0.313 e. The molecule has 5 nitrogen and oxygen atoms in total. The van der Waals surface area contributed by atoms with Crippen molar-refractivity contribution in [2.75, 3.05) is 7.11 Å². The highest BCUT2D eigenvalue weighted by atomic mass is 16.6. The molecule has 5 aliphatic rings. The summed E-state index contributed by atoms with van der Waals surface area (Å²) in [5, 5.41) is 11.8. The number of fused-ring (bicyclic) bond motifs is 3. The first-order valence-corrected chi connectivity index (χ1v) is 11.7. The maximum absolute atomic E-state index is 13.2. The fourth-order valence-corrected chi connectivity index (χ4v) is 8.98. The van der Waals surface area contributed by atoms with Crippen molar-refractivity contribution < 1.29 is 24.2 Å². The number of carbonyl (C=O) groups is 2. The molecule has 4 fully saturated rings. The Kier molecular flexibility index (Phi) is 4.12. The van der Waals surface area contributed by atoms with Gasteiger partial charge in [-0.25, -0.2) is 0 Å². The van der Waals surface area contributed by atoms with Crippen molar-refractivity contribution in [1.29, 1.82) is 0 Å². The van der Waals surface area contributed by atoms with E-state index in [1.165, 1.54) is 7.11 Å². The Hall–Kier alpha value is -1.20. The zero-order valence-electron chi connectivity index (χ0n) is 19.0. The molecule has 0 radical (unpaired) electrons. The Labute approximate surface area is 179 Å². The normalized spacial score (nSPS) is 53.7. The van der Waals surface area contributed by atoms with E-state index in [2.05, 4.69) is 33.8 Å². The Morgan fingerprint density at radius 2 is 2.03 bits per heavy atom. The SMILES string of the molecule is CCC[C@]1(O)CC[C@H]2[C@]3(C)[C@H](C(=O)OC)C=C4CC(=O)CC[C@]4(C)[C@]34O[C@@H]4C[C@@]21C. The predicted octanol–water partition coefficient (Wildman–Crippen LogP) is 3.97. The Morgan fingerprint density at radius 1 is 1.30 bits per heavy atom. The van der Waals surface area contributed by atoms with Crippen molar-refractivity contribution in [3.8, 4) is 0 Å². The van der Waals surface area contributed by atoms with Crippen molar-refractivity contribution >= 4 is 11.8 Å². The number of aliphatic hydroxyl groups is 1. The molecule has 1 saturated heterocycles. The predicted molar refractivity (Wildman–Crippen MR) is 112 cm³/mol. The van der Waals surface area contributed by atoms with Gasteiger partial charge in [0, 0.05) is 29.1 Å². The van der Waals surface area contributed by atoms with Crippen LogP contribution < -0.4 is 0 Å². The number of esters is 1. The lowest BCUT2D eigenvalue weighted by molar-refractivity contribution is -0.177. The van der Waals surface area contributed by atoms with E-state index in [1.54, 1.807) is 0 Å². The molecule has 8 atom stereocenters. The number of hydrogen-bond donors (Lipinski definition) is 1. The molecular weight excluding hydrogens is 380 g/mol. The maximum Gasteiger partial charge on any atom is 0.313 e. The van der Waals surface area contributed by atoms with Crippen molar-refractivity contribution in [2.45, 2.75) is 96.4 Å². The molecule has 30 heavy (non-hydrogen) atoms. The molecule has 1 heterocycles. The van der Waals surface area contributed by atoms with Crippen molar-refractivity contribution in [3.63, 3.8) is 0 Å². The molecule has 4 aliphatic carbocycles. The fraction of sp³-hybridized carbons (Fsp3) is 0.840. The molecule has 0 bridgehead atoms. The zero-order valence-corrected chi connectivity index (χ0v) is 19.0. The van der Waals surface area contributed by atoms with Crippen LogP contribution in [0.1, 0.15) is 79.1 Å². The average Bonchev–Trinajstić information content (AvgIpc) is 3.36. The molecule has 0 aromatic rings. The molecule has 5 heteroatoms. The first kappa shape index (κ1) is 20.7. The van der Waals surface area contributed by atoms with E-state index in [0.717, 1.165) is 44.1 Å². The molecule has 0 amide bonds. The maximum atomic E-state index is 13.2. The van der Waals surface area contributed by atoms with Crippen LogP contribution >= 0.6 is 0 Å². The standard InChI is InChI=1S/C25H36O5/c1-6-9-24(28)11-8-18-22(24,3)14-19-25(30-19)21(2)10-7-16(26)12-15(21)13-17(20(27)29-5)23(18,25)4/h13,17-19,28H,6-12,14H2,1-5H3/t17-,18+,19+,21-,22-,23-,24-,25-/m0/s1. The molecule has 0 unspecified atom stereocenters. The quantitative estimate of drug-likeness (QED) is 0.428. The van der Waals surface area contributed by atoms with Crippen LogP contribution in [0.4, 0.5) is 0 Å². The number of Topliss-reactive ketones (excluding diaryl/α,β-unsaturated/α-hetero) is 1. The second-order valence-electron chi connectivity index (χ2n) is 11.4. The molecule has 1 aliphatic heterocycles. The van der Waals surface area contributed by atoms with Crippen LogP contribution in [0.3, 0.4) is 0 Å². The summed E-state index contributed by atoms with van der Waals surface area (Å²) in [6.45, 7) is 8.84. The lowest BCUT2D eigenvalue weighted by Gasteiger charge is -2.63. The van der Waals surface area contributed by atoms with Gasteiger partial charge in [-0.05, 0) is 38.0 Å². The Bertz CT molecular complexity index is 848. The third-order valence-electron chi connectivity index (χ3n) is 10.5. The number of ketones is 1. The van der Waals surface area contributed by atoms with Crippen LogP contribution in [0.25, 0.3) is 0 Å². The van der Waals surface area contributed by atoms with E-state index in [0.29, 0.717) is 12.8 Å². The van der Waals surface area contributed by atoms with Gasteiger partial charge in [-0.2, -0.15) is 0 Å². The summed E-state index contributed by atoms with van der Waals surface area (Å²) in [4.78, 5) is 25.5. The van der Waals surface area contributed by atoms with Crippen LogP contribution in [-0.4, -0.2) is 41.3 Å². The average molecular weight is 417 g/mol. The number of epoxide rings is 1. The van der Waals surface area contributed by atoms with E-state index in [-0.39, 0.29) is 34.6 Å². The molecule has 0 aromatic carbocycles. The van der Waals surface area contributed by atoms with Crippen molar-refractivity contribution in [3.05, 3.63) is 11.6 Å². The van der Waals surface area contributed by atoms with Crippen LogP contribution in [0.15, 0.2) is 11.6 Å². The van der Waals surface area contributed by atoms with Crippen molar-refractivity contribution in [2.24, 2.45) is 28.1 Å². The monoisotopic (exact) mass is 416 g/mol.